The van der Waals surface area contributed by atoms with Crippen molar-refractivity contribution < 1.29 is 9.22 Å². The van der Waals surface area contributed by atoms with Crippen molar-refractivity contribution in [3.63, 3.8) is 0 Å². The van der Waals surface area contributed by atoms with E-state index in [0.717, 1.165) is 18.1 Å². The highest BCUT2D eigenvalue weighted by atomic mass is 32.2. The minimum absolute atomic E-state index is 0.212. The number of rotatable bonds is 9. The fraction of sp³-hybridized carbons (Fsp3) is 0.929. The average molecular weight is 306 g/mol. The van der Waals surface area contributed by atoms with E-state index in [1.54, 1.807) is 4.90 Å². The van der Waals surface area contributed by atoms with Crippen LogP contribution in [0.15, 0.2) is 0 Å². The standard InChI is InChI=1S/C14H31NO2SSi/c1-8-17-19(6,7)11-9-10-18-12-14(2,3)13(16)15(4)5/h8-12H2,1-7H3. The summed E-state index contributed by atoms with van der Waals surface area (Å²) in [7, 11) is 2.22. The van der Waals surface area contributed by atoms with Crippen molar-refractivity contribution >= 4 is 26.0 Å². The molecule has 0 aliphatic heterocycles. The molecule has 0 rings (SSSR count). The zero-order chi connectivity index (χ0) is 15.1. The molecule has 114 valence electrons. The Kier molecular flexibility index (Phi) is 8.32. The number of amides is 1. The quantitative estimate of drug-likeness (QED) is 0.482. The van der Waals surface area contributed by atoms with Gasteiger partial charge in [0.15, 0.2) is 8.32 Å². The smallest absolute Gasteiger partial charge is 0.228 e. The topological polar surface area (TPSA) is 29.5 Å². The van der Waals surface area contributed by atoms with Gasteiger partial charge in [-0.1, -0.05) is 13.8 Å². The number of hydrogen-bond acceptors (Lipinski definition) is 3. The van der Waals surface area contributed by atoms with Crippen molar-refractivity contribution in [1.82, 2.24) is 4.90 Å². The summed E-state index contributed by atoms with van der Waals surface area (Å²) in [6.45, 7) is 11.5. The van der Waals surface area contributed by atoms with Crippen LogP contribution >= 0.6 is 11.8 Å². The molecule has 0 unspecified atom stereocenters. The molecule has 0 atom stereocenters. The molecule has 0 heterocycles. The molecule has 0 fully saturated rings. The molecule has 1 amide bonds. The SMILES string of the molecule is CCO[Si](C)(C)CCCSCC(C)(C)C(=O)N(C)C. The van der Waals surface area contributed by atoms with Crippen LogP contribution < -0.4 is 0 Å². The highest BCUT2D eigenvalue weighted by Gasteiger charge is 2.29. The molecule has 0 spiro atoms. The average Bonchev–Trinajstić information content (AvgIpc) is 2.26. The maximum absolute atomic E-state index is 12.0. The van der Waals surface area contributed by atoms with Gasteiger partial charge >= 0.3 is 0 Å². The first-order chi connectivity index (χ1) is 8.62. The third-order valence-electron chi connectivity index (χ3n) is 3.05. The van der Waals surface area contributed by atoms with Gasteiger partial charge in [0.2, 0.25) is 5.91 Å². The van der Waals surface area contributed by atoms with Crippen molar-refractivity contribution in [3.05, 3.63) is 0 Å². The molecule has 0 aromatic heterocycles. The zero-order valence-electron chi connectivity index (χ0n) is 13.7. The van der Waals surface area contributed by atoms with Crippen LogP contribution in [-0.4, -0.2) is 51.3 Å². The van der Waals surface area contributed by atoms with E-state index in [4.69, 9.17) is 4.43 Å². The Bertz CT molecular complexity index is 281. The van der Waals surface area contributed by atoms with E-state index in [-0.39, 0.29) is 11.3 Å². The Labute approximate surface area is 124 Å². The van der Waals surface area contributed by atoms with Gasteiger partial charge in [0, 0.05) is 26.5 Å². The number of hydrogen-bond donors (Lipinski definition) is 0. The van der Waals surface area contributed by atoms with E-state index in [1.807, 2.05) is 39.7 Å². The van der Waals surface area contributed by atoms with Crippen LogP contribution in [0, 0.1) is 5.41 Å². The summed E-state index contributed by atoms with van der Waals surface area (Å²) in [5.74, 6) is 2.22. The van der Waals surface area contributed by atoms with Gasteiger partial charge < -0.3 is 9.33 Å². The summed E-state index contributed by atoms with van der Waals surface area (Å²) < 4.78 is 5.82. The van der Waals surface area contributed by atoms with Crippen molar-refractivity contribution in [2.24, 2.45) is 5.41 Å². The molecule has 0 aliphatic carbocycles. The van der Waals surface area contributed by atoms with E-state index in [9.17, 15) is 4.79 Å². The van der Waals surface area contributed by atoms with Gasteiger partial charge in [0.25, 0.3) is 0 Å². The normalized spacial score (nSPS) is 12.6. The maximum atomic E-state index is 12.0. The highest BCUT2D eigenvalue weighted by Crippen LogP contribution is 2.25. The Balaban J connectivity index is 3.89. The van der Waals surface area contributed by atoms with E-state index in [2.05, 4.69) is 20.0 Å². The molecule has 0 aromatic rings. The maximum Gasteiger partial charge on any atom is 0.228 e. The molecule has 19 heavy (non-hydrogen) atoms. The Hall–Kier alpha value is -0.00312. The van der Waals surface area contributed by atoms with E-state index in [0.29, 0.717) is 0 Å². The van der Waals surface area contributed by atoms with Crippen LogP contribution in [0.3, 0.4) is 0 Å². The predicted octanol–water partition coefficient (Wildman–Crippen LogP) is 3.47. The van der Waals surface area contributed by atoms with Crippen LogP contribution in [0.2, 0.25) is 19.1 Å². The lowest BCUT2D eigenvalue weighted by Gasteiger charge is -2.27. The summed E-state index contributed by atoms with van der Waals surface area (Å²) in [6.07, 6.45) is 1.19. The first kappa shape index (κ1) is 19.0. The molecule has 0 N–H and O–H groups in total. The van der Waals surface area contributed by atoms with Crippen molar-refractivity contribution in [1.29, 1.82) is 0 Å². The van der Waals surface area contributed by atoms with E-state index in [1.165, 1.54) is 12.5 Å². The summed E-state index contributed by atoms with van der Waals surface area (Å²) in [5.41, 5.74) is -0.263. The second kappa shape index (κ2) is 8.32. The lowest BCUT2D eigenvalue weighted by atomic mass is 9.95. The molecular weight excluding hydrogens is 274 g/mol. The summed E-state index contributed by atoms with van der Waals surface area (Å²) in [4.78, 5) is 13.7. The molecule has 0 bridgehead atoms. The lowest BCUT2D eigenvalue weighted by Crippen LogP contribution is -2.37. The number of carbonyl (C=O) groups is 1. The number of thioether (sulfide) groups is 1. The third-order valence-corrected chi connectivity index (χ3v) is 7.18. The van der Waals surface area contributed by atoms with Gasteiger partial charge in [0.1, 0.15) is 0 Å². The lowest BCUT2D eigenvalue weighted by molar-refractivity contribution is -0.136. The molecule has 5 heteroatoms. The van der Waals surface area contributed by atoms with Gasteiger partial charge in [-0.2, -0.15) is 11.8 Å². The third kappa shape index (κ3) is 8.00. The monoisotopic (exact) mass is 305 g/mol. The molecule has 0 aliphatic rings. The van der Waals surface area contributed by atoms with E-state index < -0.39 is 8.32 Å². The summed E-state index contributed by atoms with van der Waals surface area (Å²) in [6, 6.07) is 1.20. The van der Waals surface area contributed by atoms with Crippen molar-refractivity contribution in [2.45, 2.75) is 46.3 Å². The van der Waals surface area contributed by atoms with Crippen molar-refractivity contribution in [2.75, 3.05) is 32.2 Å². The Morgan fingerprint density at radius 2 is 1.89 bits per heavy atom. The minimum atomic E-state index is -1.43. The zero-order valence-corrected chi connectivity index (χ0v) is 15.5. The fourth-order valence-corrected chi connectivity index (χ4v) is 5.39. The predicted molar refractivity (Wildman–Crippen MR) is 88.3 cm³/mol. The molecule has 0 saturated carbocycles. The Morgan fingerprint density at radius 3 is 2.37 bits per heavy atom. The highest BCUT2D eigenvalue weighted by molar-refractivity contribution is 7.99. The van der Waals surface area contributed by atoms with Gasteiger partial charge in [-0.05, 0) is 38.2 Å². The van der Waals surface area contributed by atoms with Gasteiger partial charge in [-0.3, -0.25) is 4.79 Å². The van der Waals surface area contributed by atoms with Crippen LogP contribution in [0.4, 0.5) is 0 Å². The summed E-state index contributed by atoms with van der Waals surface area (Å²) in [5, 5.41) is 0. The minimum Gasteiger partial charge on any atom is -0.418 e. The fourth-order valence-electron chi connectivity index (χ4n) is 2.06. The molecular formula is C14H31NO2SSi. The van der Waals surface area contributed by atoms with E-state index >= 15 is 0 Å². The van der Waals surface area contributed by atoms with Gasteiger partial charge in [-0.15, -0.1) is 0 Å². The Morgan fingerprint density at radius 1 is 1.32 bits per heavy atom. The largest absolute Gasteiger partial charge is 0.418 e. The van der Waals surface area contributed by atoms with Crippen molar-refractivity contribution in [3.8, 4) is 0 Å². The van der Waals surface area contributed by atoms with Gasteiger partial charge in [0.05, 0.1) is 5.41 Å². The molecule has 0 aromatic carbocycles. The van der Waals surface area contributed by atoms with Crippen LogP contribution in [0.25, 0.3) is 0 Å². The molecule has 0 saturated heterocycles. The van der Waals surface area contributed by atoms with Crippen LogP contribution in [0.5, 0.6) is 0 Å². The molecule has 0 radical (unpaired) electrons. The first-order valence-corrected chi connectivity index (χ1v) is 11.3. The number of carbonyl (C=O) groups excluding carboxylic acids is 1. The number of nitrogens with zero attached hydrogens (tertiary/aromatic N) is 1. The summed E-state index contributed by atoms with van der Waals surface area (Å²) >= 11 is 1.88. The first-order valence-electron chi connectivity index (χ1n) is 7.06. The second-order valence-corrected chi connectivity index (χ2v) is 11.8. The van der Waals surface area contributed by atoms with Gasteiger partial charge in [-0.25, -0.2) is 0 Å². The second-order valence-electron chi connectivity index (χ2n) is 6.43. The van der Waals surface area contributed by atoms with Crippen LogP contribution in [-0.2, 0) is 9.22 Å². The van der Waals surface area contributed by atoms with Crippen LogP contribution in [0.1, 0.15) is 27.2 Å². The molecule has 3 nitrogen and oxygen atoms in total.